The summed E-state index contributed by atoms with van der Waals surface area (Å²) in [6, 6.07) is 10.8. The molecule has 0 aliphatic carbocycles. The molecule has 3 atom stereocenters. The van der Waals surface area contributed by atoms with Gasteiger partial charge in [0.25, 0.3) is 0 Å². The standard InChI is InChI=1S/C19H27N3O/c1-13(18-21-10-17(23-18)19(2,3)4)22-11-15(16(20)12-22)14-8-6-5-7-9-14/h5-10,13,15-16H,11-12,20H2,1-4H3/t13?,15-,16+/m0/s1. The minimum Gasteiger partial charge on any atom is -0.443 e. The molecule has 1 saturated heterocycles. The molecule has 0 spiro atoms. The van der Waals surface area contributed by atoms with E-state index in [0.29, 0.717) is 5.92 Å². The molecule has 4 heteroatoms. The number of likely N-dealkylation sites (tertiary alicyclic amines) is 1. The molecule has 0 saturated carbocycles. The molecule has 124 valence electrons. The number of rotatable bonds is 3. The van der Waals surface area contributed by atoms with Crippen LogP contribution in [0.2, 0.25) is 0 Å². The number of hydrogen-bond acceptors (Lipinski definition) is 4. The van der Waals surface area contributed by atoms with Crippen molar-refractivity contribution >= 4 is 0 Å². The van der Waals surface area contributed by atoms with Crippen molar-refractivity contribution in [2.45, 2.75) is 51.1 Å². The molecule has 0 bridgehead atoms. The lowest BCUT2D eigenvalue weighted by Gasteiger charge is -2.22. The first-order valence-electron chi connectivity index (χ1n) is 8.37. The average molecular weight is 313 g/mol. The molecule has 0 amide bonds. The lowest BCUT2D eigenvalue weighted by atomic mass is 9.94. The first-order chi connectivity index (χ1) is 10.9. The van der Waals surface area contributed by atoms with E-state index in [1.54, 1.807) is 0 Å². The van der Waals surface area contributed by atoms with Crippen molar-refractivity contribution in [1.82, 2.24) is 9.88 Å². The number of oxazole rings is 1. The number of aromatic nitrogens is 1. The maximum atomic E-state index is 6.40. The van der Waals surface area contributed by atoms with E-state index in [2.05, 4.69) is 61.8 Å². The molecule has 1 aromatic carbocycles. The van der Waals surface area contributed by atoms with Gasteiger partial charge in [-0.2, -0.15) is 0 Å². The molecular weight excluding hydrogens is 286 g/mol. The van der Waals surface area contributed by atoms with Crippen LogP contribution in [0.1, 0.15) is 56.9 Å². The molecular formula is C19H27N3O. The predicted molar refractivity (Wildman–Crippen MR) is 92.3 cm³/mol. The third-order valence-electron chi connectivity index (χ3n) is 4.79. The Bertz CT molecular complexity index is 644. The van der Waals surface area contributed by atoms with Gasteiger partial charge in [-0.15, -0.1) is 0 Å². The second kappa shape index (κ2) is 6.10. The van der Waals surface area contributed by atoms with Crippen molar-refractivity contribution in [2.24, 2.45) is 5.73 Å². The van der Waals surface area contributed by atoms with Crippen LogP contribution in [0.15, 0.2) is 40.9 Å². The zero-order chi connectivity index (χ0) is 16.6. The van der Waals surface area contributed by atoms with Gasteiger partial charge in [0.15, 0.2) is 0 Å². The Morgan fingerprint density at radius 1 is 1.22 bits per heavy atom. The van der Waals surface area contributed by atoms with Crippen LogP contribution in [0.25, 0.3) is 0 Å². The van der Waals surface area contributed by atoms with Gasteiger partial charge in [0.1, 0.15) is 5.76 Å². The molecule has 2 heterocycles. The van der Waals surface area contributed by atoms with Gasteiger partial charge in [0, 0.05) is 30.5 Å². The van der Waals surface area contributed by atoms with E-state index in [1.807, 2.05) is 12.3 Å². The molecule has 1 aromatic heterocycles. The van der Waals surface area contributed by atoms with Crippen LogP contribution in [0.5, 0.6) is 0 Å². The van der Waals surface area contributed by atoms with E-state index < -0.39 is 0 Å². The smallest absolute Gasteiger partial charge is 0.211 e. The summed E-state index contributed by atoms with van der Waals surface area (Å²) in [5.74, 6) is 2.09. The average Bonchev–Trinajstić information content (AvgIpc) is 3.14. The van der Waals surface area contributed by atoms with Crippen LogP contribution in [0.3, 0.4) is 0 Å². The molecule has 1 aliphatic heterocycles. The molecule has 4 nitrogen and oxygen atoms in total. The van der Waals surface area contributed by atoms with Gasteiger partial charge in [-0.05, 0) is 12.5 Å². The second-order valence-corrected chi connectivity index (χ2v) is 7.62. The van der Waals surface area contributed by atoms with Gasteiger partial charge in [-0.25, -0.2) is 4.98 Å². The summed E-state index contributed by atoms with van der Waals surface area (Å²) in [5.41, 5.74) is 7.70. The summed E-state index contributed by atoms with van der Waals surface area (Å²) < 4.78 is 6.00. The molecule has 1 fully saturated rings. The largest absolute Gasteiger partial charge is 0.443 e. The number of hydrogen-bond donors (Lipinski definition) is 1. The maximum Gasteiger partial charge on any atom is 0.211 e. The Morgan fingerprint density at radius 3 is 2.52 bits per heavy atom. The normalized spacial score (nSPS) is 24.0. The molecule has 23 heavy (non-hydrogen) atoms. The summed E-state index contributed by atoms with van der Waals surface area (Å²) >= 11 is 0. The summed E-state index contributed by atoms with van der Waals surface area (Å²) in [6.45, 7) is 10.4. The third kappa shape index (κ3) is 3.33. The summed E-state index contributed by atoms with van der Waals surface area (Å²) in [5, 5.41) is 0. The van der Waals surface area contributed by atoms with Crippen LogP contribution >= 0.6 is 0 Å². The quantitative estimate of drug-likeness (QED) is 0.943. The van der Waals surface area contributed by atoms with Gasteiger partial charge < -0.3 is 10.2 Å². The van der Waals surface area contributed by atoms with E-state index >= 15 is 0 Å². The Labute approximate surface area is 138 Å². The maximum absolute atomic E-state index is 6.40. The third-order valence-corrected chi connectivity index (χ3v) is 4.79. The summed E-state index contributed by atoms with van der Waals surface area (Å²) in [6.07, 6.45) is 1.86. The van der Waals surface area contributed by atoms with Crippen LogP contribution in [-0.2, 0) is 5.41 Å². The van der Waals surface area contributed by atoms with Crippen LogP contribution in [0, 0.1) is 0 Å². The van der Waals surface area contributed by atoms with Crippen molar-refractivity contribution in [3.05, 3.63) is 53.7 Å². The minimum atomic E-state index is -0.0149. The first-order valence-corrected chi connectivity index (χ1v) is 8.37. The molecule has 1 aliphatic rings. The molecule has 2 N–H and O–H groups in total. The topological polar surface area (TPSA) is 55.3 Å². The summed E-state index contributed by atoms with van der Waals surface area (Å²) in [4.78, 5) is 6.88. The molecule has 1 unspecified atom stereocenters. The van der Waals surface area contributed by atoms with Crippen molar-refractivity contribution in [3.8, 4) is 0 Å². The van der Waals surface area contributed by atoms with Crippen LogP contribution < -0.4 is 5.73 Å². The van der Waals surface area contributed by atoms with Gasteiger partial charge >= 0.3 is 0 Å². The highest BCUT2D eigenvalue weighted by Crippen LogP contribution is 2.33. The highest BCUT2D eigenvalue weighted by Gasteiger charge is 2.35. The van der Waals surface area contributed by atoms with Crippen molar-refractivity contribution in [1.29, 1.82) is 0 Å². The molecule has 3 rings (SSSR count). The SMILES string of the molecule is CC(c1ncc(C(C)(C)C)o1)N1C[C@@H](N)[C@H](c2ccccc2)C1. The summed E-state index contributed by atoms with van der Waals surface area (Å²) in [7, 11) is 0. The highest BCUT2D eigenvalue weighted by atomic mass is 16.4. The predicted octanol–water partition coefficient (Wildman–Crippen LogP) is 3.46. The van der Waals surface area contributed by atoms with E-state index in [0.717, 1.165) is 24.7 Å². The van der Waals surface area contributed by atoms with Gasteiger partial charge in [-0.1, -0.05) is 51.1 Å². The Balaban J connectivity index is 1.74. The Morgan fingerprint density at radius 2 is 1.91 bits per heavy atom. The molecule has 2 aromatic rings. The van der Waals surface area contributed by atoms with Crippen LogP contribution in [-0.4, -0.2) is 29.0 Å². The van der Waals surface area contributed by atoms with Gasteiger partial charge in [0.05, 0.1) is 12.2 Å². The second-order valence-electron chi connectivity index (χ2n) is 7.62. The van der Waals surface area contributed by atoms with Gasteiger partial charge in [0.2, 0.25) is 5.89 Å². The van der Waals surface area contributed by atoms with E-state index in [1.165, 1.54) is 5.56 Å². The van der Waals surface area contributed by atoms with Crippen molar-refractivity contribution in [2.75, 3.05) is 13.1 Å². The lowest BCUT2D eigenvalue weighted by Crippen LogP contribution is -2.30. The Kier molecular flexibility index (Phi) is 4.30. The van der Waals surface area contributed by atoms with E-state index in [4.69, 9.17) is 10.2 Å². The molecule has 0 radical (unpaired) electrons. The lowest BCUT2D eigenvalue weighted by molar-refractivity contribution is 0.213. The van der Waals surface area contributed by atoms with E-state index in [9.17, 15) is 0 Å². The highest BCUT2D eigenvalue weighted by molar-refractivity contribution is 5.24. The van der Waals surface area contributed by atoms with E-state index in [-0.39, 0.29) is 17.5 Å². The van der Waals surface area contributed by atoms with Crippen molar-refractivity contribution < 1.29 is 4.42 Å². The fourth-order valence-electron chi connectivity index (χ4n) is 3.21. The first kappa shape index (κ1) is 16.2. The fourth-order valence-corrected chi connectivity index (χ4v) is 3.21. The monoisotopic (exact) mass is 313 g/mol. The zero-order valence-corrected chi connectivity index (χ0v) is 14.5. The number of nitrogens with zero attached hydrogens (tertiary/aromatic N) is 2. The zero-order valence-electron chi connectivity index (χ0n) is 14.5. The van der Waals surface area contributed by atoms with Crippen LogP contribution in [0.4, 0.5) is 0 Å². The Hall–Kier alpha value is -1.65. The number of benzene rings is 1. The van der Waals surface area contributed by atoms with Gasteiger partial charge in [-0.3, -0.25) is 4.90 Å². The number of nitrogens with two attached hydrogens (primary N) is 1. The van der Waals surface area contributed by atoms with Crippen molar-refractivity contribution in [3.63, 3.8) is 0 Å². The minimum absolute atomic E-state index is 0.0149. The fraction of sp³-hybridized carbons (Fsp3) is 0.526.